The van der Waals surface area contributed by atoms with Gasteiger partial charge in [-0.1, -0.05) is 26.0 Å². The largest absolute Gasteiger partial charge is 0.213 e. The third-order valence-corrected chi connectivity index (χ3v) is 2.35. The molecule has 0 radical (unpaired) electrons. The van der Waals surface area contributed by atoms with Crippen molar-refractivity contribution in [1.82, 2.24) is 4.72 Å². The van der Waals surface area contributed by atoms with Crippen molar-refractivity contribution < 1.29 is 8.42 Å². The zero-order valence-corrected chi connectivity index (χ0v) is 9.39. The summed E-state index contributed by atoms with van der Waals surface area (Å²) in [4.78, 5) is 0. The predicted octanol–water partition coefficient (Wildman–Crippen LogP) is 1.67. The van der Waals surface area contributed by atoms with Gasteiger partial charge in [0, 0.05) is 6.04 Å². The summed E-state index contributed by atoms with van der Waals surface area (Å²) in [6.45, 7) is 4.00. The number of nitrogens with one attached hydrogen (secondary N) is 1. The Morgan fingerprint density at radius 1 is 1.38 bits per heavy atom. The summed E-state index contributed by atoms with van der Waals surface area (Å²) in [6, 6.07) is 0.0266. The molecule has 1 N–H and O–H groups in total. The van der Waals surface area contributed by atoms with Gasteiger partial charge in [0.15, 0.2) is 0 Å². The van der Waals surface area contributed by atoms with Crippen LogP contribution in [0.25, 0.3) is 0 Å². The molecule has 0 bridgehead atoms. The minimum absolute atomic E-state index is 0.0266. The highest BCUT2D eigenvalue weighted by Gasteiger charge is 2.11. The van der Waals surface area contributed by atoms with Gasteiger partial charge >= 0.3 is 0 Å². The minimum atomic E-state index is -3.03. The van der Waals surface area contributed by atoms with Crippen molar-refractivity contribution in [3.05, 3.63) is 12.2 Å². The van der Waals surface area contributed by atoms with E-state index in [0.29, 0.717) is 0 Å². The molecule has 0 spiro atoms. The molecule has 0 aromatic rings. The fraction of sp³-hybridized carbons (Fsp3) is 0.778. The van der Waals surface area contributed by atoms with Gasteiger partial charge in [0.25, 0.3) is 0 Å². The van der Waals surface area contributed by atoms with Crippen LogP contribution in [-0.2, 0) is 10.0 Å². The number of rotatable bonds is 2. The van der Waals surface area contributed by atoms with Crippen LogP contribution in [0.2, 0.25) is 0 Å². The molecule has 0 heterocycles. The van der Waals surface area contributed by atoms with Gasteiger partial charge in [0.05, 0.1) is 6.26 Å². The number of allylic oxidation sites excluding steroid dienone is 1. The van der Waals surface area contributed by atoms with E-state index in [0.717, 1.165) is 19.3 Å². The summed E-state index contributed by atoms with van der Waals surface area (Å²) in [5.41, 5.74) is 0. The van der Waals surface area contributed by atoms with E-state index in [4.69, 9.17) is 0 Å². The normalized spacial score (nSPS) is 21.9. The zero-order chi connectivity index (χ0) is 10.3. The van der Waals surface area contributed by atoms with Gasteiger partial charge in [-0.15, -0.1) is 0 Å². The molecule has 1 aliphatic carbocycles. The minimum Gasteiger partial charge on any atom is -0.213 e. The van der Waals surface area contributed by atoms with E-state index >= 15 is 0 Å². The maximum atomic E-state index is 10.8. The first-order valence-electron chi connectivity index (χ1n) is 4.72. The van der Waals surface area contributed by atoms with Gasteiger partial charge in [-0.25, -0.2) is 13.1 Å². The highest BCUT2D eigenvalue weighted by atomic mass is 32.2. The van der Waals surface area contributed by atoms with Crippen LogP contribution >= 0.6 is 0 Å². The summed E-state index contributed by atoms with van der Waals surface area (Å²) in [6.07, 6.45) is 8.20. The molecule has 13 heavy (non-hydrogen) atoms. The Bertz CT molecular complexity index is 244. The second-order valence-electron chi connectivity index (χ2n) is 2.86. The molecule has 1 aliphatic rings. The molecule has 0 amide bonds. The van der Waals surface area contributed by atoms with Crippen LogP contribution in [0.15, 0.2) is 12.2 Å². The van der Waals surface area contributed by atoms with Crippen molar-refractivity contribution in [3.8, 4) is 0 Å². The van der Waals surface area contributed by atoms with Crippen LogP contribution in [0, 0.1) is 0 Å². The van der Waals surface area contributed by atoms with Crippen LogP contribution in [-0.4, -0.2) is 20.7 Å². The molecule has 0 aromatic heterocycles. The molecule has 1 atom stereocenters. The molecule has 0 aliphatic heterocycles. The Morgan fingerprint density at radius 3 is 2.38 bits per heavy atom. The predicted molar refractivity (Wildman–Crippen MR) is 56.1 cm³/mol. The Hall–Kier alpha value is -0.350. The van der Waals surface area contributed by atoms with Crippen molar-refractivity contribution in [2.24, 2.45) is 0 Å². The first kappa shape index (κ1) is 12.7. The van der Waals surface area contributed by atoms with Crippen molar-refractivity contribution in [2.45, 2.75) is 39.2 Å². The lowest BCUT2D eigenvalue weighted by Crippen LogP contribution is -2.33. The number of hydrogen-bond donors (Lipinski definition) is 1. The zero-order valence-electron chi connectivity index (χ0n) is 8.58. The molecule has 4 heteroatoms. The molecule has 1 unspecified atom stereocenters. The summed E-state index contributed by atoms with van der Waals surface area (Å²) in [7, 11) is -3.03. The molecule has 78 valence electrons. The summed E-state index contributed by atoms with van der Waals surface area (Å²) < 4.78 is 24.1. The van der Waals surface area contributed by atoms with Crippen LogP contribution in [0.1, 0.15) is 33.1 Å². The summed E-state index contributed by atoms with van der Waals surface area (Å²) >= 11 is 0. The van der Waals surface area contributed by atoms with E-state index in [1.54, 1.807) is 0 Å². The van der Waals surface area contributed by atoms with Gasteiger partial charge < -0.3 is 0 Å². The van der Waals surface area contributed by atoms with E-state index in [1.807, 2.05) is 26.0 Å². The lowest BCUT2D eigenvalue weighted by molar-refractivity contribution is 0.554. The van der Waals surface area contributed by atoms with Crippen LogP contribution in [0.3, 0.4) is 0 Å². The SMILES string of the molecule is CC.CS(=O)(=O)NC1C=CCCC1. The molecule has 0 saturated heterocycles. The smallest absolute Gasteiger partial charge is 0.209 e. The first-order valence-corrected chi connectivity index (χ1v) is 6.61. The van der Waals surface area contributed by atoms with Gasteiger partial charge in [-0.2, -0.15) is 0 Å². The summed E-state index contributed by atoms with van der Waals surface area (Å²) in [5, 5.41) is 0. The van der Waals surface area contributed by atoms with Crippen molar-refractivity contribution in [3.63, 3.8) is 0 Å². The van der Waals surface area contributed by atoms with Crippen LogP contribution in [0.4, 0.5) is 0 Å². The highest BCUT2D eigenvalue weighted by molar-refractivity contribution is 7.88. The monoisotopic (exact) mass is 205 g/mol. The molecule has 0 aromatic carbocycles. The van der Waals surface area contributed by atoms with Crippen molar-refractivity contribution in [2.75, 3.05) is 6.26 Å². The van der Waals surface area contributed by atoms with Gasteiger partial charge in [0.2, 0.25) is 10.0 Å². The molecule has 0 saturated carbocycles. The van der Waals surface area contributed by atoms with E-state index in [2.05, 4.69) is 4.72 Å². The maximum Gasteiger partial charge on any atom is 0.209 e. The Balaban J connectivity index is 0.000000671. The van der Waals surface area contributed by atoms with E-state index in [9.17, 15) is 8.42 Å². The molecule has 3 nitrogen and oxygen atoms in total. The topological polar surface area (TPSA) is 46.2 Å². The standard InChI is InChI=1S/C7H13NO2S.C2H6/c1-11(9,10)8-7-5-3-2-4-6-7;1-2/h3,5,7-8H,2,4,6H2,1H3;1-2H3. The lowest BCUT2D eigenvalue weighted by atomic mass is 10.0. The number of hydrogen-bond acceptors (Lipinski definition) is 2. The second kappa shape index (κ2) is 6.16. The first-order chi connectivity index (χ1) is 6.08. The molecule has 1 rings (SSSR count). The quantitative estimate of drug-likeness (QED) is 0.697. The number of sulfonamides is 1. The fourth-order valence-electron chi connectivity index (χ4n) is 1.19. The maximum absolute atomic E-state index is 10.8. The third-order valence-electron chi connectivity index (χ3n) is 1.62. The van der Waals surface area contributed by atoms with Crippen LogP contribution < -0.4 is 4.72 Å². The van der Waals surface area contributed by atoms with Crippen LogP contribution in [0.5, 0.6) is 0 Å². The average Bonchev–Trinajstić information content (AvgIpc) is 2.07. The highest BCUT2D eigenvalue weighted by Crippen LogP contribution is 2.10. The Kier molecular flexibility index (Phi) is 5.99. The molecular weight excluding hydrogens is 186 g/mol. The van der Waals surface area contributed by atoms with Crippen molar-refractivity contribution in [1.29, 1.82) is 0 Å². The Labute approximate surface area is 81.3 Å². The Morgan fingerprint density at radius 2 is 2.00 bits per heavy atom. The molecular formula is C9H19NO2S. The second-order valence-corrected chi connectivity index (χ2v) is 4.64. The van der Waals surface area contributed by atoms with E-state index in [1.165, 1.54) is 6.26 Å². The van der Waals surface area contributed by atoms with E-state index in [-0.39, 0.29) is 6.04 Å². The van der Waals surface area contributed by atoms with Gasteiger partial charge in [-0.3, -0.25) is 0 Å². The van der Waals surface area contributed by atoms with Gasteiger partial charge in [0.1, 0.15) is 0 Å². The lowest BCUT2D eigenvalue weighted by Gasteiger charge is -2.15. The summed E-state index contributed by atoms with van der Waals surface area (Å²) in [5.74, 6) is 0. The average molecular weight is 205 g/mol. The van der Waals surface area contributed by atoms with E-state index < -0.39 is 10.0 Å². The third kappa shape index (κ3) is 6.78. The van der Waals surface area contributed by atoms with Gasteiger partial charge in [-0.05, 0) is 19.3 Å². The molecule has 0 fully saturated rings. The van der Waals surface area contributed by atoms with Crippen molar-refractivity contribution >= 4 is 10.0 Å². The fourth-order valence-corrected chi connectivity index (χ4v) is 1.93.